The van der Waals surface area contributed by atoms with E-state index in [1.165, 1.54) is 70.8 Å². The number of benzene rings is 8. The highest BCUT2D eigenvalue weighted by atomic mass is 35.5. The molecular formula is C50H30ClN3S. The molecule has 11 rings (SSSR count). The molecule has 1 unspecified atom stereocenters. The van der Waals surface area contributed by atoms with Crippen LogP contribution in [0.4, 0.5) is 0 Å². The quantitative estimate of drug-likeness (QED) is 0.176. The van der Waals surface area contributed by atoms with Crippen LogP contribution in [0.2, 0.25) is 5.28 Å². The Morgan fingerprint density at radius 1 is 0.418 bits per heavy atom. The first-order valence-corrected chi connectivity index (χ1v) is 19.6. The molecule has 0 N–H and O–H groups in total. The molecule has 5 heteroatoms. The normalized spacial score (nSPS) is 14.7. The van der Waals surface area contributed by atoms with Crippen molar-refractivity contribution in [1.82, 2.24) is 15.0 Å². The van der Waals surface area contributed by atoms with Crippen LogP contribution in [0.5, 0.6) is 0 Å². The Kier molecular flexibility index (Phi) is 7.31. The maximum atomic E-state index is 6.66. The highest BCUT2D eigenvalue weighted by Gasteiger charge is 2.46. The molecule has 8 aromatic carbocycles. The predicted octanol–water partition coefficient (Wildman–Crippen LogP) is 13.4. The van der Waals surface area contributed by atoms with Crippen LogP contribution >= 0.6 is 22.9 Å². The van der Waals surface area contributed by atoms with E-state index in [4.69, 9.17) is 16.6 Å². The number of aromatic nitrogens is 3. The van der Waals surface area contributed by atoms with Gasteiger partial charge in [-0.25, -0.2) is 4.98 Å². The summed E-state index contributed by atoms with van der Waals surface area (Å²) in [5.74, 6) is 1.11. The third-order valence-electron chi connectivity index (χ3n) is 11.2. The summed E-state index contributed by atoms with van der Waals surface area (Å²) in [7, 11) is 0. The standard InChI is InChI=1S/C50H30ClN3S/c51-49-53-47(52-48(54-49)41-21-11-20-40-39-18-7-9-23-45(39)55-46(40)41)32-24-27-35(28-25-32)50(34-14-2-1-3-15-34)43-22-8-6-17-38(43)42-30-33(26-29-44(42)50)37-19-10-13-31-12-4-5-16-36(31)37/h1-30H. The van der Waals surface area contributed by atoms with Crippen molar-refractivity contribution in [1.29, 1.82) is 0 Å². The second-order valence-electron chi connectivity index (χ2n) is 14.1. The molecule has 0 fully saturated rings. The fourth-order valence-electron chi connectivity index (χ4n) is 8.80. The first-order chi connectivity index (χ1) is 27.2. The van der Waals surface area contributed by atoms with Gasteiger partial charge in [-0.15, -0.1) is 11.3 Å². The summed E-state index contributed by atoms with van der Waals surface area (Å²) in [6.45, 7) is 0. The summed E-state index contributed by atoms with van der Waals surface area (Å²) in [6, 6.07) is 65.5. The molecule has 0 saturated heterocycles. The molecule has 2 heterocycles. The van der Waals surface area contributed by atoms with E-state index in [9.17, 15) is 0 Å². The number of thiophene rings is 1. The molecule has 10 aromatic rings. The number of hydrogen-bond donors (Lipinski definition) is 0. The Hall–Kier alpha value is -6.46. The summed E-state index contributed by atoms with van der Waals surface area (Å²) in [5, 5.41) is 5.08. The van der Waals surface area contributed by atoms with Crippen LogP contribution in [0.15, 0.2) is 182 Å². The summed E-state index contributed by atoms with van der Waals surface area (Å²) < 4.78 is 2.37. The van der Waals surface area contributed by atoms with Gasteiger partial charge in [0.25, 0.3) is 0 Å². The van der Waals surface area contributed by atoms with Crippen molar-refractivity contribution in [3.8, 4) is 45.0 Å². The van der Waals surface area contributed by atoms with Gasteiger partial charge in [-0.05, 0) is 85.1 Å². The second-order valence-corrected chi connectivity index (χ2v) is 15.4. The lowest BCUT2D eigenvalue weighted by Crippen LogP contribution is -2.28. The fourth-order valence-corrected chi connectivity index (χ4v) is 10.2. The van der Waals surface area contributed by atoms with Gasteiger partial charge in [0.15, 0.2) is 11.6 Å². The smallest absolute Gasteiger partial charge is 0.208 e. The molecule has 0 radical (unpaired) electrons. The van der Waals surface area contributed by atoms with Crippen molar-refractivity contribution in [2.45, 2.75) is 5.41 Å². The highest BCUT2D eigenvalue weighted by molar-refractivity contribution is 7.26. The first kappa shape index (κ1) is 32.0. The average Bonchev–Trinajstić information content (AvgIpc) is 3.77. The highest BCUT2D eigenvalue weighted by Crippen LogP contribution is 2.57. The van der Waals surface area contributed by atoms with E-state index in [0.29, 0.717) is 11.6 Å². The van der Waals surface area contributed by atoms with Gasteiger partial charge in [-0.3, -0.25) is 0 Å². The number of nitrogens with zero attached hydrogens (tertiary/aromatic N) is 3. The van der Waals surface area contributed by atoms with E-state index in [1.54, 1.807) is 11.3 Å². The zero-order valence-corrected chi connectivity index (χ0v) is 31.0. The molecule has 0 aliphatic heterocycles. The number of hydrogen-bond acceptors (Lipinski definition) is 4. The second kappa shape index (κ2) is 12.6. The summed E-state index contributed by atoms with van der Waals surface area (Å²) >= 11 is 8.41. The van der Waals surface area contributed by atoms with Gasteiger partial charge in [0.05, 0.1) is 5.41 Å². The van der Waals surface area contributed by atoms with Gasteiger partial charge in [0.1, 0.15) is 0 Å². The van der Waals surface area contributed by atoms with E-state index in [0.717, 1.165) is 15.8 Å². The summed E-state index contributed by atoms with van der Waals surface area (Å²) in [4.78, 5) is 14.3. The molecule has 1 aliphatic carbocycles. The Bertz CT molecular complexity index is 3110. The van der Waals surface area contributed by atoms with Crippen LogP contribution in [0.3, 0.4) is 0 Å². The largest absolute Gasteiger partial charge is 0.226 e. The van der Waals surface area contributed by atoms with Crippen LogP contribution in [0.1, 0.15) is 22.3 Å². The van der Waals surface area contributed by atoms with Gasteiger partial charge in [-0.2, -0.15) is 9.97 Å². The lowest BCUT2D eigenvalue weighted by molar-refractivity contribution is 0.768. The Morgan fingerprint density at radius 2 is 1.04 bits per heavy atom. The topological polar surface area (TPSA) is 38.7 Å². The van der Waals surface area contributed by atoms with Crippen LogP contribution in [-0.2, 0) is 5.41 Å². The molecule has 0 amide bonds. The van der Waals surface area contributed by atoms with Crippen LogP contribution in [0, 0.1) is 0 Å². The first-order valence-electron chi connectivity index (χ1n) is 18.4. The number of rotatable bonds is 5. The molecule has 2 aromatic heterocycles. The minimum absolute atomic E-state index is 0.170. The van der Waals surface area contributed by atoms with E-state index in [1.807, 2.05) is 0 Å². The Labute approximate surface area is 327 Å². The van der Waals surface area contributed by atoms with Gasteiger partial charge in [0, 0.05) is 31.3 Å². The van der Waals surface area contributed by atoms with Crippen LogP contribution in [0.25, 0.3) is 76.0 Å². The van der Waals surface area contributed by atoms with Crippen LogP contribution in [-0.4, -0.2) is 15.0 Å². The van der Waals surface area contributed by atoms with Crippen molar-refractivity contribution in [2.24, 2.45) is 0 Å². The molecule has 0 bridgehead atoms. The minimum atomic E-state index is -0.540. The minimum Gasteiger partial charge on any atom is -0.208 e. The van der Waals surface area contributed by atoms with Crippen molar-refractivity contribution >= 4 is 53.9 Å². The number of fused-ring (bicyclic) bond motifs is 7. The lowest BCUT2D eigenvalue weighted by Gasteiger charge is -2.34. The van der Waals surface area contributed by atoms with Gasteiger partial charge in [-0.1, -0.05) is 164 Å². The fraction of sp³-hybridized carbons (Fsp3) is 0.0200. The zero-order valence-electron chi connectivity index (χ0n) is 29.4. The van der Waals surface area contributed by atoms with Gasteiger partial charge < -0.3 is 0 Å². The Morgan fingerprint density at radius 3 is 1.93 bits per heavy atom. The monoisotopic (exact) mass is 739 g/mol. The molecule has 1 aliphatic rings. The van der Waals surface area contributed by atoms with Crippen molar-refractivity contribution in [2.75, 3.05) is 0 Å². The van der Waals surface area contributed by atoms with Crippen LogP contribution < -0.4 is 0 Å². The molecule has 55 heavy (non-hydrogen) atoms. The molecule has 0 saturated carbocycles. The third kappa shape index (κ3) is 4.92. The molecule has 258 valence electrons. The van der Waals surface area contributed by atoms with Crippen molar-refractivity contribution in [3.63, 3.8) is 0 Å². The molecular weight excluding hydrogens is 710 g/mol. The van der Waals surface area contributed by atoms with Gasteiger partial charge >= 0.3 is 0 Å². The number of halogens is 1. The van der Waals surface area contributed by atoms with Gasteiger partial charge in [0.2, 0.25) is 5.28 Å². The van der Waals surface area contributed by atoms with Crippen molar-refractivity contribution < 1.29 is 0 Å². The Balaban J connectivity index is 1.06. The average molecular weight is 740 g/mol. The SMILES string of the molecule is Clc1nc(-c2ccc(C3(c4ccccc4)c4ccccc4-c4cc(-c5cccc6ccccc56)ccc43)cc2)nc(-c2cccc3c2sc2ccccc23)n1. The summed E-state index contributed by atoms with van der Waals surface area (Å²) in [5.41, 5.74) is 11.1. The van der Waals surface area contributed by atoms with E-state index >= 15 is 0 Å². The zero-order chi connectivity index (χ0) is 36.5. The van der Waals surface area contributed by atoms with E-state index < -0.39 is 5.41 Å². The predicted molar refractivity (Wildman–Crippen MR) is 229 cm³/mol. The third-order valence-corrected chi connectivity index (χ3v) is 12.6. The maximum Gasteiger partial charge on any atom is 0.226 e. The molecule has 0 spiro atoms. The van der Waals surface area contributed by atoms with E-state index in [2.05, 4.69) is 192 Å². The molecule has 3 nitrogen and oxygen atoms in total. The lowest BCUT2D eigenvalue weighted by atomic mass is 9.67. The molecule has 1 atom stereocenters. The maximum absolute atomic E-state index is 6.66. The summed E-state index contributed by atoms with van der Waals surface area (Å²) in [6.07, 6.45) is 0. The van der Waals surface area contributed by atoms with E-state index in [-0.39, 0.29) is 5.28 Å². The van der Waals surface area contributed by atoms with Crippen molar-refractivity contribution in [3.05, 3.63) is 210 Å².